The van der Waals surface area contributed by atoms with Crippen LogP contribution in [0.2, 0.25) is 0 Å². The first-order valence-corrected chi connectivity index (χ1v) is 8.05. The summed E-state index contributed by atoms with van der Waals surface area (Å²) in [5, 5.41) is 8.41. The molecule has 1 aliphatic heterocycles. The van der Waals surface area contributed by atoms with E-state index in [-0.39, 0.29) is 0 Å². The fourth-order valence-corrected chi connectivity index (χ4v) is 3.20. The Labute approximate surface area is 136 Å². The molecule has 0 fully saturated rings. The van der Waals surface area contributed by atoms with Crippen molar-refractivity contribution in [2.24, 2.45) is 0 Å². The summed E-state index contributed by atoms with van der Waals surface area (Å²) in [7, 11) is 0. The van der Waals surface area contributed by atoms with Gasteiger partial charge in [0.15, 0.2) is 0 Å². The molecular formula is C19H20N4. The first kappa shape index (κ1) is 14.0. The van der Waals surface area contributed by atoms with Crippen LogP contribution in [0, 0.1) is 13.8 Å². The Bertz CT molecular complexity index is 849. The number of rotatable bonds is 3. The molecule has 4 heteroatoms. The van der Waals surface area contributed by atoms with Crippen molar-refractivity contribution < 1.29 is 0 Å². The number of hydrogen-bond acceptors (Lipinski definition) is 3. The number of aromatic nitrogens is 3. The van der Waals surface area contributed by atoms with Gasteiger partial charge >= 0.3 is 0 Å². The zero-order valence-electron chi connectivity index (χ0n) is 13.5. The van der Waals surface area contributed by atoms with Gasteiger partial charge in [0, 0.05) is 30.4 Å². The topological polar surface area (TPSA) is 42.7 Å². The van der Waals surface area contributed by atoms with Crippen LogP contribution in [0.4, 0.5) is 5.82 Å². The van der Waals surface area contributed by atoms with Gasteiger partial charge < -0.3 is 5.32 Å². The minimum atomic E-state index is 0.780. The lowest BCUT2D eigenvalue weighted by atomic mass is 10.1. The van der Waals surface area contributed by atoms with Crippen molar-refractivity contribution in [2.75, 3.05) is 11.9 Å². The van der Waals surface area contributed by atoms with E-state index in [2.05, 4.69) is 53.1 Å². The molecule has 0 unspecified atom stereocenters. The molecule has 0 aliphatic carbocycles. The lowest BCUT2D eigenvalue weighted by molar-refractivity contribution is 0.828. The standard InChI is InChI=1S/C19H20N4/c1-13-6-5-8-18(14(13)2)23-19-16(9-11-21-19)17(22-23)12-15-7-3-4-10-20-15/h3-8,10,21H,9,11-12H2,1-2H3. The summed E-state index contributed by atoms with van der Waals surface area (Å²) in [6, 6.07) is 12.4. The van der Waals surface area contributed by atoms with Gasteiger partial charge in [0.1, 0.15) is 5.82 Å². The second kappa shape index (κ2) is 5.54. The molecular weight excluding hydrogens is 284 g/mol. The average Bonchev–Trinajstić information content (AvgIpc) is 3.15. The van der Waals surface area contributed by atoms with Crippen LogP contribution in [0.3, 0.4) is 0 Å². The Hall–Kier alpha value is -2.62. The largest absolute Gasteiger partial charge is 0.369 e. The number of hydrogen-bond donors (Lipinski definition) is 1. The van der Waals surface area contributed by atoms with Gasteiger partial charge in [-0.1, -0.05) is 18.2 Å². The quantitative estimate of drug-likeness (QED) is 0.806. The maximum Gasteiger partial charge on any atom is 0.133 e. The van der Waals surface area contributed by atoms with E-state index in [1.54, 1.807) is 0 Å². The molecule has 116 valence electrons. The third kappa shape index (κ3) is 2.40. The van der Waals surface area contributed by atoms with Gasteiger partial charge in [0.05, 0.1) is 11.4 Å². The van der Waals surface area contributed by atoms with E-state index >= 15 is 0 Å². The molecule has 23 heavy (non-hydrogen) atoms. The molecule has 0 bridgehead atoms. The molecule has 1 aliphatic rings. The van der Waals surface area contributed by atoms with Crippen molar-refractivity contribution in [3.63, 3.8) is 0 Å². The van der Waals surface area contributed by atoms with E-state index in [0.29, 0.717) is 0 Å². The Morgan fingerprint density at radius 2 is 2.04 bits per heavy atom. The van der Waals surface area contributed by atoms with Crippen LogP contribution in [-0.2, 0) is 12.8 Å². The van der Waals surface area contributed by atoms with Crippen molar-refractivity contribution in [1.82, 2.24) is 14.8 Å². The summed E-state index contributed by atoms with van der Waals surface area (Å²) < 4.78 is 2.07. The summed E-state index contributed by atoms with van der Waals surface area (Å²) in [5.41, 5.74) is 7.24. The van der Waals surface area contributed by atoms with Crippen molar-refractivity contribution >= 4 is 5.82 Å². The molecule has 3 heterocycles. The SMILES string of the molecule is Cc1cccc(-n2nc(Cc3ccccn3)c3c2NCC3)c1C. The second-order valence-corrected chi connectivity index (χ2v) is 6.08. The highest BCUT2D eigenvalue weighted by atomic mass is 15.3. The van der Waals surface area contributed by atoms with Gasteiger partial charge in [-0.3, -0.25) is 4.98 Å². The molecule has 3 aromatic rings. The highest BCUT2D eigenvalue weighted by Gasteiger charge is 2.23. The Balaban J connectivity index is 1.80. The number of nitrogens with one attached hydrogen (secondary N) is 1. The number of anilines is 1. The van der Waals surface area contributed by atoms with E-state index in [9.17, 15) is 0 Å². The van der Waals surface area contributed by atoms with Crippen LogP contribution < -0.4 is 5.32 Å². The highest BCUT2D eigenvalue weighted by Crippen LogP contribution is 2.31. The van der Waals surface area contributed by atoms with E-state index in [0.717, 1.165) is 42.3 Å². The molecule has 0 saturated heterocycles. The zero-order valence-corrected chi connectivity index (χ0v) is 13.5. The van der Waals surface area contributed by atoms with Gasteiger partial charge in [-0.2, -0.15) is 5.10 Å². The molecule has 4 nitrogen and oxygen atoms in total. The molecule has 0 saturated carbocycles. The summed E-state index contributed by atoms with van der Waals surface area (Å²) in [4.78, 5) is 4.44. The minimum Gasteiger partial charge on any atom is -0.369 e. The van der Waals surface area contributed by atoms with Crippen molar-refractivity contribution in [3.8, 4) is 5.69 Å². The summed E-state index contributed by atoms with van der Waals surface area (Å²) in [5.74, 6) is 1.14. The second-order valence-electron chi connectivity index (χ2n) is 6.08. The van der Waals surface area contributed by atoms with E-state index in [1.165, 1.54) is 16.7 Å². The number of pyridine rings is 1. The molecule has 1 aromatic carbocycles. The highest BCUT2D eigenvalue weighted by molar-refractivity contribution is 5.59. The Morgan fingerprint density at radius 1 is 1.13 bits per heavy atom. The van der Waals surface area contributed by atoms with Gasteiger partial charge in [-0.15, -0.1) is 0 Å². The first-order valence-electron chi connectivity index (χ1n) is 8.05. The predicted octanol–water partition coefficient (Wildman–Crippen LogP) is 3.44. The van der Waals surface area contributed by atoms with E-state index in [1.807, 2.05) is 18.3 Å². The minimum absolute atomic E-state index is 0.780. The molecule has 0 spiro atoms. The molecule has 0 amide bonds. The molecule has 4 rings (SSSR count). The van der Waals surface area contributed by atoms with Gasteiger partial charge in [-0.05, 0) is 49.6 Å². The molecule has 2 aromatic heterocycles. The smallest absolute Gasteiger partial charge is 0.133 e. The lowest BCUT2D eigenvalue weighted by Gasteiger charge is -2.11. The Kier molecular flexibility index (Phi) is 3.37. The first-order chi connectivity index (χ1) is 11.2. The van der Waals surface area contributed by atoms with Gasteiger partial charge in [0.2, 0.25) is 0 Å². The van der Waals surface area contributed by atoms with Crippen LogP contribution >= 0.6 is 0 Å². The van der Waals surface area contributed by atoms with Crippen LogP contribution in [0.25, 0.3) is 5.69 Å². The lowest BCUT2D eigenvalue weighted by Crippen LogP contribution is -2.07. The molecule has 1 N–H and O–H groups in total. The van der Waals surface area contributed by atoms with Gasteiger partial charge in [-0.25, -0.2) is 4.68 Å². The third-order valence-electron chi connectivity index (χ3n) is 4.61. The maximum atomic E-state index is 4.91. The van der Waals surface area contributed by atoms with E-state index < -0.39 is 0 Å². The normalized spacial score (nSPS) is 13.0. The summed E-state index contributed by atoms with van der Waals surface area (Å²) in [6.07, 6.45) is 3.65. The number of benzene rings is 1. The van der Waals surface area contributed by atoms with E-state index in [4.69, 9.17) is 5.10 Å². The van der Waals surface area contributed by atoms with Crippen LogP contribution in [0.5, 0.6) is 0 Å². The number of fused-ring (bicyclic) bond motifs is 1. The third-order valence-corrected chi connectivity index (χ3v) is 4.61. The number of nitrogens with zero attached hydrogens (tertiary/aromatic N) is 3. The summed E-state index contributed by atoms with van der Waals surface area (Å²) in [6.45, 7) is 5.28. The van der Waals surface area contributed by atoms with Crippen LogP contribution in [0.15, 0.2) is 42.6 Å². The van der Waals surface area contributed by atoms with Crippen LogP contribution in [0.1, 0.15) is 28.1 Å². The monoisotopic (exact) mass is 304 g/mol. The van der Waals surface area contributed by atoms with Crippen molar-refractivity contribution in [1.29, 1.82) is 0 Å². The molecule has 0 radical (unpaired) electrons. The maximum absolute atomic E-state index is 4.91. The van der Waals surface area contributed by atoms with Crippen molar-refractivity contribution in [3.05, 3.63) is 70.7 Å². The fraction of sp³-hybridized carbons (Fsp3) is 0.263. The number of aryl methyl sites for hydroxylation is 1. The summed E-state index contributed by atoms with van der Waals surface area (Å²) >= 11 is 0. The van der Waals surface area contributed by atoms with Crippen LogP contribution in [-0.4, -0.2) is 21.3 Å². The fourth-order valence-electron chi connectivity index (χ4n) is 3.20. The zero-order chi connectivity index (χ0) is 15.8. The average molecular weight is 304 g/mol. The predicted molar refractivity (Wildman–Crippen MR) is 92.3 cm³/mol. The molecule has 0 atom stereocenters. The van der Waals surface area contributed by atoms with Crippen molar-refractivity contribution in [2.45, 2.75) is 26.7 Å². The Morgan fingerprint density at radius 3 is 2.87 bits per heavy atom. The van der Waals surface area contributed by atoms with Gasteiger partial charge in [0.25, 0.3) is 0 Å².